The average Bonchev–Trinajstić information content (AvgIpc) is 2.36. The summed E-state index contributed by atoms with van der Waals surface area (Å²) in [6, 6.07) is 2.17. The third-order valence-electron chi connectivity index (χ3n) is 3.62. The number of nitrogens with zero attached hydrogens (tertiary/aromatic N) is 2. The number of carboxylic acid groups (broad SMARTS) is 1. The molecule has 6 nitrogen and oxygen atoms in total. The van der Waals surface area contributed by atoms with Gasteiger partial charge in [0.05, 0.1) is 23.7 Å². The highest BCUT2D eigenvalue weighted by molar-refractivity contribution is 7.89. The highest BCUT2D eigenvalue weighted by Gasteiger charge is 2.38. The van der Waals surface area contributed by atoms with Gasteiger partial charge in [-0.05, 0) is 12.8 Å². The molecule has 0 amide bonds. The van der Waals surface area contributed by atoms with E-state index in [0.717, 1.165) is 23.6 Å². The molecule has 0 saturated heterocycles. The zero-order chi connectivity index (χ0) is 14.5. The van der Waals surface area contributed by atoms with Gasteiger partial charge in [-0.3, -0.25) is 4.79 Å². The zero-order valence-corrected chi connectivity index (χ0v) is 11.9. The number of carboxylic acids is 1. The lowest BCUT2D eigenvalue weighted by Gasteiger charge is -2.31. The fourth-order valence-electron chi connectivity index (χ4n) is 2.37. The molecule has 0 heterocycles. The van der Waals surface area contributed by atoms with Crippen molar-refractivity contribution in [1.29, 1.82) is 5.26 Å². The summed E-state index contributed by atoms with van der Waals surface area (Å²) in [6.07, 6.45) is 3.78. The van der Waals surface area contributed by atoms with Gasteiger partial charge in [0.2, 0.25) is 10.0 Å². The normalized spacial score (nSPS) is 19.0. The highest BCUT2D eigenvalue weighted by Crippen LogP contribution is 2.37. The third-order valence-corrected chi connectivity index (χ3v) is 5.67. The molecule has 1 aliphatic carbocycles. The Balaban J connectivity index is 2.72. The summed E-state index contributed by atoms with van der Waals surface area (Å²) in [5, 5.41) is 17.9. The Labute approximate surface area is 114 Å². The first-order chi connectivity index (χ1) is 8.81. The molecule has 0 spiro atoms. The van der Waals surface area contributed by atoms with Gasteiger partial charge >= 0.3 is 5.97 Å². The van der Waals surface area contributed by atoms with Crippen LogP contribution in [0.5, 0.6) is 0 Å². The molecule has 108 valence electrons. The lowest BCUT2D eigenvalue weighted by Crippen LogP contribution is -2.39. The van der Waals surface area contributed by atoms with Crippen LogP contribution in [0.4, 0.5) is 0 Å². The van der Waals surface area contributed by atoms with E-state index in [4.69, 9.17) is 5.11 Å². The van der Waals surface area contributed by atoms with Crippen LogP contribution in [0, 0.1) is 16.7 Å². The molecular formula is C12H20N2O4S. The summed E-state index contributed by atoms with van der Waals surface area (Å²) in [5.74, 6) is -1.23. The number of aliphatic carboxylic acids is 1. The fourth-order valence-corrected chi connectivity index (χ4v) is 4.01. The Hall–Kier alpha value is -1.13. The van der Waals surface area contributed by atoms with Crippen molar-refractivity contribution in [2.75, 3.05) is 19.3 Å². The quantitative estimate of drug-likeness (QED) is 0.791. The zero-order valence-electron chi connectivity index (χ0n) is 11.1. The fraction of sp³-hybridized carbons (Fsp3) is 0.833. The summed E-state index contributed by atoms with van der Waals surface area (Å²) in [6.45, 7) is -0.0564. The van der Waals surface area contributed by atoms with Crippen LogP contribution in [0.2, 0.25) is 0 Å². The molecule has 1 aliphatic rings. The van der Waals surface area contributed by atoms with Crippen molar-refractivity contribution in [3.05, 3.63) is 0 Å². The van der Waals surface area contributed by atoms with Crippen LogP contribution in [0.25, 0.3) is 0 Å². The van der Waals surface area contributed by atoms with Crippen LogP contribution in [-0.2, 0) is 14.8 Å². The molecule has 0 bridgehead atoms. The van der Waals surface area contributed by atoms with E-state index in [1.807, 2.05) is 0 Å². The maximum atomic E-state index is 12.2. The maximum Gasteiger partial charge on any atom is 0.304 e. The SMILES string of the molecule is CN(CCC(=O)O)S(=O)(=O)CC1(C#N)CCCCC1. The van der Waals surface area contributed by atoms with E-state index >= 15 is 0 Å². The molecule has 1 rings (SSSR count). The summed E-state index contributed by atoms with van der Waals surface area (Å²) in [5.41, 5.74) is -0.797. The van der Waals surface area contributed by atoms with Crippen LogP contribution in [0.1, 0.15) is 38.5 Å². The summed E-state index contributed by atoms with van der Waals surface area (Å²) in [4.78, 5) is 10.5. The van der Waals surface area contributed by atoms with Crippen LogP contribution in [0.3, 0.4) is 0 Å². The average molecular weight is 288 g/mol. The Morgan fingerprint density at radius 3 is 2.42 bits per heavy atom. The van der Waals surface area contributed by atoms with Crippen molar-refractivity contribution in [2.24, 2.45) is 5.41 Å². The Morgan fingerprint density at radius 1 is 1.37 bits per heavy atom. The smallest absolute Gasteiger partial charge is 0.304 e. The lowest BCUT2D eigenvalue weighted by atomic mass is 9.77. The second kappa shape index (κ2) is 6.35. The van der Waals surface area contributed by atoms with Gasteiger partial charge in [-0.15, -0.1) is 0 Å². The highest BCUT2D eigenvalue weighted by atomic mass is 32.2. The Morgan fingerprint density at radius 2 is 1.95 bits per heavy atom. The minimum Gasteiger partial charge on any atom is -0.481 e. The number of hydrogen-bond donors (Lipinski definition) is 1. The van der Waals surface area contributed by atoms with Crippen LogP contribution in [-0.4, -0.2) is 43.1 Å². The minimum absolute atomic E-state index is 0.0564. The molecule has 0 aromatic rings. The van der Waals surface area contributed by atoms with E-state index in [1.165, 1.54) is 7.05 Å². The first-order valence-corrected chi connectivity index (χ1v) is 7.99. The largest absolute Gasteiger partial charge is 0.481 e. The summed E-state index contributed by atoms with van der Waals surface area (Å²) >= 11 is 0. The first kappa shape index (κ1) is 15.9. The van der Waals surface area contributed by atoms with Gasteiger partial charge in [-0.25, -0.2) is 12.7 Å². The second-order valence-electron chi connectivity index (χ2n) is 5.17. The molecule has 0 aliphatic heterocycles. The van der Waals surface area contributed by atoms with Gasteiger partial charge in [-0.2, -0.15) is 5.26 Å². The molecule has 0 unspecified atom stereocenters. The number of sulfonamides is 1. The van der Waals surface area contributed by atoms with Crippen molar-refractivity contribution >= 4 is 16.0 Å². The predicted octanol–water partition coefficient (Wildman–Crippen LogP) is 1.20. The molecule has 0 aromatic heterocycles. The second-order valence-corrected chi connectivity index (χ2v) is 7.25. The van der Waals surface area contributed by atoms with Crippen molar-refractivity contribution in [2.45, 2.75) is 38.5 Å². The van der Waals surface area contributed by atoms with Crippen molar-refractivity contribution in [3.63, 3.8) is 0 Å². The van der Waals surface area contributed by atoms with Crippen molar-refractivity contribution in [3.8, 4) is 6.07 Å². The molecule has 0 aromatic carbocycles. The Kier molecular flexibility index (Phi) is 5.32. The van der Waals surface area contributed by atoms with E-state index in [-0.39, 0.29) is 18.7 Å². The van der Waals surface area contributed by atoms with Gasteiger partial charge < -0.3 is 5.11 Å². The number of hydrogen-bond acceptors (Lipinski definition) is 4. The van der Waals surface area contributed by atoms with Crippen molar-refractivity contribution < 1.29 is 18.3 Å². The summed E-state index contributed by atoms with van der Waals surface area (Å²) in [7, 11) is -2.21. The predicted molar refractivity (Wildman–Crippen MR) is 69.8 cm³/mol. The standard InChI is InChI=1S/C12H20N2O4S/c1-14(8-5-11(15)16)19(17,18)10-12(9-13)6-3-2-4-7-12/h2-8,10H2,1H3,(H,15,16). The maximum absolute atomic E-state index is 12.2. The molecule has 1 fully saturated rings. The van der Waals surface area contributed by atoms with Gasteiger partial charge in [0.25, 0.3) is 0 Å². The van der Waals surface area contributed by atoms with Gasteiger partial charge in [0.1, 0.15) is 0 Å². The van der Waals surface area contributed by atoms with E-state index in [2.05, 4.69) is 6.07 Å². The molecule has 7 heteroatoms. The number of rotatable bonds is 6. The summed E-state index contributed by atoms with van der Waals surface area (Å²) < 4.78 is 25.4. The van der Waals surface area contributed by atoms with E-state index in [0.29, 0.717) is 12.8 Å². The van der Waals surface area contributed by atoms with Gasteiger partial charge in [0, 0.05) is 13.6 Å². The molecule has 1 N–H and O–H groups in total. The van der Waals surface area contributed by atoms with E-state index in [1.54, 1.807) is 0 Å². The molecule has 19 heavy (non-hydrogen) atoms. The van der Waals surface area contributed by atoms with Crippen LogP contribution < -0.4 is 0 Å². The third kappa shape index (κ3) is 4.48. The molecule has 1 saturated carbocycles. The van der Waals surface area contributed by atoms with Crippen LogP contribution in [0.15, 0.2) is 0 Å². The van der Waals surface area contributed by atoms with Gasteiger partial charge in [0.15, 0.2) is 0 Å². The van der Waals surface area contributed by atoms with Gasteiger partial charge in [-0.1, -0.05) is 19.3 Å². The monoisotopic (exact) mass is 288 g/mol. The van der Waals surface area contributed by atoms with Crippen LogP contribution >= 0.6 is 0 Å². The number of carbonyl (C=O) groups is 1. The molecule has 0 radical (unpaired) electrons. The molecule has 0 atom stereocenters. The van der Waals surface area contributed by atoms with E-state index in [9.17, 15) is 18.5 Å². The molecular weight excluding hydrogens is 268 g/mol. The van der Waals surface area contributed by atoms with E-state index < -0.39 is 21.4 Å². The van der Waals surface area contributed by atoms with Crippen molar-refractivity contribution in [1.82, 2.24) is 4.31 Å². The Bertz CT molecular complexity index is 461. The minimum atomic E-state index is -3.58. The lowest BCUT2D eigenvalue weighted by molar-refractivity contribution is -0.137. The first-order valence-electron chi connectivity index (χ1n) is 6.38. The topological polar surface area (TPSA) is 98.5 Å². The number of nitriles is 1.